The Morgan fingerprint density at radius 1 is 1.69 bits per heavy atom. The van der Waals surface area contributed by atoms with Crippen LogP contribution < -0.4 is 5.73 Å². The summed E-state index contributed by atoms with van der Waals surface area (Å²) in [6, 6.07) is 3.43. The van der Waals surface area contributed by atoms with E-state index in [1.54, 1.807) is 19.1 Å². The van der Waals surface area contributed by atoms with Crippen LogP contribution in [0.3, 0.4) is 0 Å². The number of carbonyl (C=O) groups is 1. The summed E-state index contributed by atoms with van der Waals surface area (Å²) in [5, 5.41) is 0. The Hall–Kier alpha value is -0.380. The highest BCUT2D eigenvalue weighted by molar-refractivity contribution is 7.18. The van der Waals surface area contributed by atoms with Gasteiger partial charge in [-0.3, -0.25) is 4.79 Å². The quantitative estimate of drug-likeness (QED) is 0.792. The van der Waals surface area contributed by atoms with Crippen LogP contribution in [0.15, 0.2) is 12.1 Å². The van der Waals surface area contributed by atoms with E-state index in [1.807, 2.05) is 6.92 Å². The lowest BCUT2D eigenvalue weighted by molar-refractivity contribution is 0.0902. The molecule has 0 radical (unpaired) electrons. The van der Waals surface area contributed by atoms with Crippen molar-refractivity contribution in [2.75, 3.05) is 0 Å². The van der Waals surface area contributed by atoms with E-state index in [0.29, 0.717) is 15.6 Å². The highest BCUT2D eigenvalue weighted by Crippen LogP contribution is 2.25. The molecule has 1 atom stereocenters. The number of thiophene rings is 1. The fourth-order valence-corrected chi connectivity index (χ4v) is 2.00. The van der Waals surface area contributed by atoms with Crippen molar-refractivity contribution in [2.45, 2.75) is 25.8 Å². The molecule has 1 heterocycles. The van der Waals surface area contributed by atoms with Crippen LogP contribution in [0.2, 0.25) is 4.34 Å². The van der Waals surface area contributed by atoms with Crippen molar-refractivity contribution in [3.8, 4) is 0 Å². The number of rotatable bonds is 3. The molecule has 0 aliphatic rings. The van der Waals surface area contributed by atoms with Gasteiger partial charge in [-0.25, -0.2) is 0 Å². The maximum atomic E-state index is 11.7. The number of ketones is 1. The molecule has 1 aromatic heterocycles. The Bertz CT molecular complexity index is 319. The minimum absolute atomic E-state index is 0.0353. The van der Waals surface area contributed by atoms with Crippen LogP contribution in [0.25, 0.3) is 0 Å². The number of hydrogen-bond acceptors (Lipinski definition) is 3. The molecule has 0 amide bonds. The predicted octanol–water partition coefficient (Wildman–Crippen LogP) is 2.71. The van der Waals surface area contributed by atoms with Gasteiger partial charge in [-0.15, -0.1) is 11.3 Å². The minimum atomic E-state index is -0.770. The summed E-state index contributed by atoms with van der Waals surface area (Å²) in [5.74, 6) is -0.0353. The van der Waals surface area contributed by atoms with Gasteiger partial charge in [-0.2, -0.15) is 0 Å². The number of carbonyl (C=O) groups excluding carboxylic acids is 1. The molecule has 0 aliphatic carbocycles. The van der Waals surface area contributed by atoms with Gasteiger partial charge in [0.05, 0.1) is 14.8 Å². The Labute approximate surface area is 86.7 Å². The van der Waals surface area contributed by atoms with E-state index in [2.05, 4.69) is 0 Å². The van der Waals surface area contributed by atoms with E-state index in [9.17, 15) is 4.79 Å². The van der Waals surface area contributed by atoms with Gasteiger partial charge < -0.3 is 5.73 Å². The van der Waals surface area contributed by atoms with E-state index >= 15 is 0 Å². The van der Waals surface area contributed by atoms with Gasteiger partial charge in [0.15, 0.2) is 5.78 Å². The van der Waals surface area contributed by atoms with Crippen molar-refractivity contribution in [1.82, 2.24) is 0 Å². The normalized spacial score (nSPS) is 15.4. The molecule has 1 aromatic rings. The van der Waals surface area contributed by atoms with Gasteiger partial charge in [0.1, 0.15) is 0 Å². The first-order valence-corrected chi connectivity index (χ1v) is 5.26. The van der Waals surface area contributed by atoms with Crippen LogP contribution in [-0.2, 0) is 0 Å². The Morgan fingerprint density at radius 3 is 2.69 bits per heavy atom. The summed E-state index contributed by atoms with van der Waals surface area (Å²) in [7, 11) is 0. The van der Waals surface area contributed by atoms with E-state index in [4.69, 9.17) is 17.3 Å². The highest BCUT2D eigenvalue weighted by atomic mass is 35.5. The van der Waals surface area contributed by atoms with Crippen molar-refractivity contribution in [3.63, 3.8) is 0 Å². The highest BCUT2D eigenvalue weighted by Gasteiger charge is 2.28. The van der Waals surface area contributed by atoms with Crippen LogP contribution in [0.1, 0.15) is 29.9 Å². The molecule has 0 spiro atoms. The zero-order valence-corrected chi connectivity index (χ0v) is 9.21. The second-order valence-corrected chi connectivity index (χ2v) is 4.92. The molecule has 0 saturated carbocycles. The first kappa shape index (κ1) is 10.7. The fourth-order valence-electron chi connectivity index (χ4n) is 0.878. The predicted molar refractivity (Wildman–Crippen MR) is 56.5 cm³/mol. The van der Waals surface area contributed by atoms with Gasteiger partial charge in [-0.05, 0) is 25.5 Å². The standard InChI is InChI=1S/C9H12ClNOS/c1-3-9(2,11)8(12)6-4-5-7(10)13-6/h4-5H,3,11H2,1-2H3. The van der Waals surface area contributed by atoms with Gasteiger partial charge in [0, 0.05) is 0 Å². The van der Waals surface area contributed by atoms with Crippen molar-refractivity contribution in [2.24, 2.45) is 5.73 Å². The molecule has 72 valence electrons. The largest absolute Gasteiger partial charge is 0.319 e. The molecule has 2 nitrogen and oxygen atoms in total. The summed E-state index contributed by atoms with van der Waals surface area (Å²) in [6.45, 7) is 3.63. The van der Waals surface area contributed by atoms with Gasteiger partial charge in [0.25, 0.3) is 0 Å². The van der Waals surface area contributed by atoms with Gasteiger partial charge in [0.2, 0.25) is 0 Å². The second-order valence-electron chi connectivity index (χ2n) is 3.20. The zero-order valence-electron chi connectivity index (χ0n) is 7.63. The van der Waals surface area contributed by atoms with Gasteiger partial charge >= 0.3 is 0 Å². The molecule has 13 heavy (non-hydrogen) atoms. The molecule has 1 rings (SSSR count). The maximum absolute atomic E-state index is 11.7. The molecule has 0 aliphatic heterocycles. The Kier molecular flexibility index (Phi) is 3.11. The van der Waals surface area contributed by atoms with E-state index < -0.39 is 5.54 Å². The molecule has 0 bridgehead atoms. The summed E-state index contributed by atoms with van der Waals surface area (Å²) >= 11 is 7.00. The lowest BCUT2D eigenvalue weighted by atomic mass is 9.94. The summed E-state index contributed by atoms with van der Waals surface area (Å²) in [6.07, 6.45) is 0.626. The maximum Gasteiger partial charge on any atom is 0.192 e. The fraction of sp³-hybridized carbons (Fsp3) is 0.444. The zero-order chi connectivity index (χ0) is 10.1. The third kappa shape index (κ3) is 2.30. The van der Waals surface area contributed by atoms with Crippen molar-refractivity contribution < 1.29 is 4.79 Å². The minimum Gasteiger partial charge on any atom is -0.319 e. The lowest BCUT2D eigenvalue weighted by Gasteiger charge is -2.19. The van der Waals surface area contributed by atoms with Crippen LogP contribution in [-0.4, -0.2) is 11.3 Å². The number of Topliss-reactive ketones (excluding diaryl/α,β-unsaturated/α-hetero) is 1. The molecule has 0 saturated heterocycles. The number of nitrogens with two attached hydrogens (primary N) is 1. The molecule has 0 aromatic carbocycles. The number of hydrogen-bond donors (Lipinski definition) is 1. The van der Waals surface area contributed by atoms with Crippen LogP contribution in [0.5, 0.6) is 0 Å². The van der Waals surface area contributed by atoms with Crippen molar-refractivity contribution in [3.05, 3.63) is 21.3 Å². The Morgan fingerprint density at radius 2 is 2.31 bits per heavy atom. The average Bonchev–Trinajstić information content (AvgIpc) is 2.50. The first-order chi connectivity index (χ1) is 5.97. The van der Waals surface area contributed by atoms with Crippen molar-refractivity contribution in [1.29, 1.82) is 0 Å². The molecule has 0 fully saturated rings. The van der Waals surface area contributed by atoms with E-state index in [1.165, 1.54) is 11.3 Å². The van der Waals surface area contributed by atoms with Crippen LogP contribution >= 0.6 is 22.9 Å². The van der Waals surface area contributed by atoms with Gasteiger partial charge in [-0.1, -0.05) is 18.5 Å². The SMILES string of the molecule is CCC(C)(N)C(=O)c1ccc(Cl)s1. The molecular weight excluding hydrogens is 206 g/mol. The Balaban J connectivity index is 2.91. The number of halogens is 1. The molecule has 1 unspecified atom stereocenters. The molecule has 4 heteroatoms. The summed E-state index contributed by atoms with van der Waals surface area (Å²) < 4.78 is 0.621. The monoisotopic (exact) mass is 217 g/mol. The lowest BCUT2D eigenvalue weighted by Crippen LogP contribution is -2.43. The third-order valence-electron chi connectivity index (χ3n) is 2.05. The topological polar surface area (TPSA) is 43.1 Å². The van der Waals surface area contributed by atoms with Crippen LogP contribution in [0.4, 0.5) is 0 Å². The second kappa shape index (κ2) is 3.78. The summed E-state index contributed by atoms with van der Waals surface area (Å²) in [4.78, 5) is 12.4. The third-order valence-corrected chi connectivity index (χ3v) is 3.28. The van der Waals surface area contributed by atoms with E-state index in [0.717, 1.165) is 0 Å². The van der Waals surface area contributed by atoms with Crippen molar-refractivity contribution >= 4 is 28.7 Å². The van der Waals surface area contributed by atoms with E-state index in [-0.39, 0.29) is 5.78 Å². The first-order valence-electron chi connectivity index (χ1n) is 4.06. The molecular formula is C9H12ClNOS. The molecule has 2 N–H and O–H groups in total. The van der Waals surface area contributed by atoms with Crippen LogP contribution in [0, 0.1) is 0 Å². The summed E-state index contributed by atoms with van der Waals surface area (Å²) in [5.41, 5.74) is 5.05. The smallest absolute Gasteiger partial charge is 0.192 e. The average molecular weight is 218 g/mol.